The summed E-state index contributed by atoms with van der Waals surface area (Å²) in [4.78, 5) is 22.5. The van der Waals surface area contributed by atoms with Gasteiger partial charge in [0.05, 0.1) is 11.6 Å². The van der Waals surface area contributed by atoms with Crippen LogP contribution in [0.3, 0.4) is 0 Å². The number of aryl methyl sites for hydroxylation is 2. The van der Waals surface area contributed by atoms with Gasteiger partial charge in [0.25, 0.3) is 0 Å². The van der Waals surface area contributed by atoms with Crippen LogP contribution in [0.5, 0.6) is 0 Å². The van der Waals surface area contributed by atoms with Gasteiger partial charge in [-0.2, -0.15) is 0 Å². The lowest BCUT2D eigenvalue weighted by atomic mass is 10.1. The van der Waals surface area contributed by atoms with E-state index < -0.39 is 11.9 Å². The number of amides is 1. The Balaban J connectivity index is 2.38. The first kappa shape index (κ1) is 15.2. The van der Waals surface area contributed by atoms with Crippen molar-refractivity contribution in [2.75, 3.05) is 6.54 Å². The van der Waals surface area contributed by atoms with Crippen molar-refractivity contribution in [1.29, 1.82) is 0 Å². The Kier molecular flexibility index (Phi) is 5.54. The molecule has 0 aliphatic carbocycles. The Labute approximate surface area is 112 Å². The number of nitrogens with one attached hydrogen (secondary N) is 1. The van der Waals surface area contributed by atoms with Gasteiger partial charge in [0.2, 0.25) is 5.91 Å². The molecule has 0 aromatic carbocycles. The van der Waals surface area contributed by atoms with Gasteiger partial charge < -0.3 is 14.9 Å². The number of carboxylic acid groups (broad SMARTS) is 1. The van der Waals surface area contributed by atoms with Crippen molar-refractivity contribution in [3.8, 4) is 0 Å². The lowest BCUT2D eigenvalue weighted by Crippen LogP contribution is -2.32. The van der Waals surface area contributed by atoms with Crippen molar-refractivity contribution >= 4 is 11.9 Å². The fourth-order valence-corrected chi connectivity index (χ4v) is 1.83. The molecule has 0 aliphatic rings. The van der Waals surface area contributed by atoms with Crippen LogP contribution in [0.2, 0.25) is 0 Å². The number of aliphatic carboxylic acids is 1. The highest BCUT2D eigenvalue weighted by atomic mass is 16.5. The zero-order valence-electron chi connectivity index (χ0n) is 11.5. The van der Waals surface area contributed by atoms with Gasteiger partial charge in [0.15, 0.2) is 0 Å². The number of carbonyl (C=O) groups excluding carboxylic acids is 1. The molecule has 1 rings (SSSR count). The first-order valence-corrected chi connectivity index (χ1v) is 6.37. The van der Waals surface area contributed by atoms with E-state index in [-0.39, 0.29) is 12.5 Å². The minimum Gasteiger partial charge on any atom is -0.481 e. The summed E-state index contributed by atoms with van der Waals surface area (Å²) in [5.74, 6) is -0.835. The van der Waals surface area contributed by atoms with E-state index in [1.807, 2.05) is 13.8 Å². The van der Waals surface area contributed by atoms with E-state index in [1.54, 1.807) is 6.92 Å². The Hall–Kier alpha value is -1.85. The number of aromatic nitrogens is 1. The molecule has 0 radical (unpaired) electrons. The quantitative estimate of drug-likeness (QED) is 0.780. The first-order chi connectivity index (χ1) is 8.95. The summed E-state index contributed by atoms with van der Waals surface area (Å²) >= 11 is 0. The van der Waals surface area contributed by atoms with E-state index in [9.17, 15) is 9.59 Å². The number of hydrogen-bond acceptors (Lipinski definition) is 4. The van der Waals surface area contributed by atoms with E-state index in [0.29, 0.717) is 19.3 Å². The van der Waals surface area contributed by atoms with Gasteiger partial charge in [0, 0.05) is 18.5 Å². The van der Waals surface area contributed by atoms with Gasteiger partial charge in [-0.15, -0.1) is 0 Å². The number of rotatable bonds is 7. The van der Waals surface area contributed by atoms with E-state index >= 15 is 0 Å². The third-order valence-corrected chi connectivity index (χ3v) is 3.17. The van der Waals surface area contributed by atoms with E-state index in [0.717, 1.165) is 17.0 Å². The molecule has 0 saturated heterocycles. The largest absolute Gasteiger partial charge is 0.481 e. The molecule has 0 saturated carbocycles. The molecule has 1 heterocycles. The Bertz CT molecular complexity index is 434. The smallest absolute Gasteiger partial charge is 0.308 e. The third-order valence-electron chi connectivity index (χ3n) is 3.17. The molecule has 0 aliphatic heterocycles. The van der Waals surface area contributed by atoms with Crippen molar-refractivity contribution in [1.82, 2.24) is 10.5 Å². The molecule has 1 aromatic rings. The van der Waals surface area contributed by atoms with Gasteiger partial charge in [-0.1, -0.05) is 12.1 Å². The monoisotopic (exact) mass is 268 g/mol. The minimum atomic E-state index is -0.881. The second kappa shape index (κ2) is 6.92. The number of hydrogen-bond donors (Lipinski definition) is 2. The van der Waals surface area contributed by atoms with Crippen molar-refractivity contribution in [3.63, 3.8) is 0 Å². The van der Waals surface area contributed by atoms with Crippen LogP contribution < -0.4 is 5.32 Å². The van der Waals surface area contributed by atoms with Gasteiger partial charge >= 0.3 is 5.97 Å². The highest BCUT2D eigenvalue weighted by molar-refractivity contribution is 5.77. The Morgan fingerprint density at radius 2 is 2.11 bits per heavy atom. The Morgan fingerprint density at radius 1 is 1.42 bits per heavy atom. The molecule has 2 N–H and O–H groups in total. The number of carboxylic acids is 1. The molecule has 1 amide bonds. The predicted molar refractivity (Wildman–Crippen MR) is 68.7 cm³/mol. The maximum absolute atomic E-state index is 11.6. The van der Waals surface area contributed by atoms with Crippen molar-refractivity contribution in [2.45, 2.75) is 40.0 Å². The van der Waals surface area contributed by atoms with Crippen LogP contribution in [0, 0.1) is 19.8 Å². The summed E-state index contributed by atoms with van der Waals surface area (Å²) in [6, 6.07) is 0. The molecule has 19 heavy (non-hydrogen) atoms. The fourth-order valence-electron chi connectivity index (χ4n) is 1.83. The molecular weight excluding hydrogens is 248 g/mol. The molecule has 1 atom stereocenters. The predicted octanol–water partition coefficient (Wildman–Crippen LogP) is 1.45. The molecule has 6 heteroatoms. The number of nitrogens with zero attached hydrogens (tertiary/aromatic N) is 1. The molecule has 1 aromatic heterocycles. The lowest BCUT2D eigenvalue weighted by molar-refractivity contribution is -0.141. The topological polar surface area (TPSA) is 92.4 Å². The van der Waals surface area contributed by atoms with Crippen LogP contribution in [-0.2, 0) is 16.0 Å². The second-order valence-corrected chi connectivity index (χ2v) is 4.55. The maximum Gasteiger partial charge on any atom is 0.308 e. The highest BCUT2D eigenvalue weighted by Gasteiger charge is 2.16. The molecule has 0 bridgehead atoms. The van der Waals surface area contributed by atoms with Crippen LogP contribution in [0.15, 0.2) is 4.52 Å². The maximum atomic E-state index is 11.6. The zero-order valence-corrected chi connectivity index (χ0v) is 11.5. The van der Waals surface area contributed by atoms with Crippen LogP contribution >= 0.6 is 0 Å². The van der Waals surface area contributed by atoms with Crippen LogP contribution in [0.4, 0.5) is 0 Å². The third kappa shape index (κ3) is 4.39. The van der Waals surface area contributed by atoms with Crippen molar-refractivity contribution in [2.24, 2.45) is 5.92 Å². The summed E-state index contributed by atoms with van der Waals surface area (Å²) < 4.78 is 5.02. The molecule has 106 valence electrons. The van der Waals surface area contributed by atoms with Crippen LogP contribution in [0.1, 0.15) is 36.8 Å². The summed E-state index contributed by atoms with van der Waals surface area (Å²) in [5.41, 5.74) is 1.74. The Morgan fingerprint density at radius 3 is 2.58 bits per heavy atom. The normalized spacial score (nSPS) is 12.2. The summed E-state index contributed by atoms with van der Waals surface area (Å²) in [6.45, 7) is 5.60. The summed E-state index contributed by atoms with van der Waals surface area (Å²) in [6.07, 6.45) is 1.36. The van der Waals surface area contributed by atoms with Gasteiger partial charge in [-0.25, -0.2) is 0 Å². The second-order valence-electron chi connectivity index (χ2n) is 4.55. The number of carbonyl (C=O) groups is 2. The molecule has 6 nitrogen and oxygen atoms in total. The van der Waals surface area contributed by atoms with Crippen LogP contribution in [-0.4, -0.2) is 28.7 Å². The SMILES string of the molecule is CCC(CNC(=O)CCc1c(C)noc1C)C(=O)O. The van der Waals surface area contributed by atoms with Gasteiger partial charge in [0.1, 0.15) is 5.76 Å². The van der Waals surface area contributed by atoms with Crippen molar-refractivity contribution < 1.29 is 19.2 Å². The summed E-state index contributed by atoms with van der Waals surface area (Å²) in [5, 5.41) is 15.3. The van der Waals surface area contributed by atoms with E-state index in [1.165, 1.54) is 0 Å². The molecule has 0 spiro atoms. The van der Waals surface area contributed by atoms with Crippen LogP contribution in [0.25, 0.3) is 0 Å². The van der Waals surface area contributed by atoms with E-state index in [2.05, 4.69) is 10.5 Å². The lowest BCUT2D eigenvalue weighted by Gasteiger charge is -2.10. The average molecular weight is 268 g/mol. The average Bonchev–Trinajstić information content (AvgIpc) is 2.67. The van der Waals surface area contributed by atoms with Gasteiger partial charge in [-0.05, 0) is 26.7 Å². The molecule has 0 fully saturated rings. The molecular formula is C13H20N2O4. The highest BCUT2D eigenvalue weighted by Crippen LogP contribution is 2.14. The standard InChI is InChI=1S/C13H20N2O4/c1-4-10(13(17)18)7-14-12(16)6-5-11-8(2)15-19-9(11)3/h10H,4-7H2,1-3H3,(H,14,16)(H,17,18). The van der Waals surface area contributed by atoms with Gasteiger partial charge in [-0.3, -0.25) is 9.59 Å². The zero-order chi connectivity index (χ0) is 14.4. The minimum absolute atomic E-state index is 0.153. The fraction of sp³-hybridized carbons (Fsp3) is 0.615. The van der Waals surface area contributed by atoms with Crippen molar-refractivity contribution in [3.05, 3.63) is 17.0 Å². The van der Waals surface area contributed by atoms with E-state index in [4.69, 9.17) is 9.63 Å². The summed E-state index contributed by atoms with van der Waals surface area (Å²) in [7, 11) is 0. The first-order valence-electron chi connectivity index (χ1n) is 6.37. The molecule has 1 unspecified atom stereocenters.